The lowest BCUT2D eigenvalue weighted by molar-refractivity contribution is -0.384. The van der Waals surface area contributed by atoms with Gasteiger partial charge in [-0.05, 0) is 25.8 Å². The highest BCUT2D eigenvalue weighted by atomic mass is 32.1. The van der Waals surface area contributed by atoms with Gasteiger partial charge in [0.1, 0.15) is 5.01 Å². The Morgan fingerprint density at radius 1 is 1.36 bits per heavy atom. The van der Waals surface area contributed by atoms with Crippen molar-refractivity contribution in [3.05, 3.63) is 55.5 Å². The lowest BCUT2D eigenvalue weighted by atomic mass is 10.1. The van der Waals surface area contributed by atoms with Gasteiger partial charge in [-0.15, -0.1) is 11.3 Å². The molecule has 1 aromatic carbocycles. The summed E-state index contributed by atoms with van der Waals surface area (Å²) in [6.07, 6.45) is 1.56. The van der Waals surface area contributed by atoms with E-state index in [0.29, 0.717) is 6.54 Å². The van der Waals surface area contributed by atoms with Crippen molar-refractivity contribution < 1.29 is 19.6 Å². The average molecular weight is 361 g/mol. The zero-order valence-electron chi connectivity index (χ0n) is 13.3. The molecule has 3 rings (SSSR count). The van der Waals surface area contributed by atoms with E-state index in [2.05, 4.69) is 4.98 Å². The number of carbonyl (C=O) groups excluding carboxylic acids is 1. The smallest absolute Gasteiger partial charge is 0.335 e. The molecule has 25 heavy (non-hydrogen) atoms. The fourth-order valence-corrected chi connectivity index (χ4v) is 3.86. The van der Waals surface area contributed by atoms with Crippen LogP contribution in [-0.2, 0) is 0 Å². The fraction of sp³-hybridized carbons (Fsp3) is 0.312. The molecule has 9 heteroatoms. The summed E-state index contributed by atoms with van der Waals surface area (Å²) >= 11 is 1.47. The van der Waals surface area contributed by atoms with Crippen LogP contribution in [0, 0.1) is 17.0 Å². The van der Waals surface area contributed by atoms with Crippen molar-refractivity contribution in [2.24, 2.45) is 0 Å². The molecule has 1 aromatic heterocycles. The summed E-state index contributed by atoms with van der Waals surface area (Å²) in [7, 11) is 0. The maximum Gasteiger partial charge on any atom is 0.335 e. The van der Waals surface area contributed by atoms with Gasteiger partial charge in [-0.1, -0.05) is 0 Å². The highest BCUT2D eigenvalue weighted by molar-refractivity contribution is 7.09. The Balaban J connectivity index is 1.96. The number of carboxylic acid groups (broad SMARTS) is 1. The Morgan fingerprint density at radius 3 is 2.68 bits per heavy atom. The van der Waals surface area contributed by atoms with Crippen LogP contribution >= 0.6 is 11.3 Å². The number of carbonyl (C=O) groups is 2. The van der Waals surface area contributed by atoms with Crippen LogP contribution in [0.15, 0.2) is 23.6 Å². The number of likely N-dealkylation sites (tertiary alicyclic amines) is 1. The van der Waals surface area contributed by atoms with Gasteiger partial charge in [0.15, 0.2) is 0 Å². The molecule has 130 valence electrons. The molecule has 1 fully saturated rings. The summed E-state index contributed by atoms with van der Waals surface area (Å²) in [4.78, 5) is 40.5. The van der Waals surface area contributed by atoms with E-state index in [4.69, 9.17) is 5.11 Å². The van der Waals surface area contributed by atoms with Gasteiger partial charge in [-0.25, -0.2) is 9.78 Å². The van der Waals surface area contributed by atoms with Gasteiger partial charge in [-0.2, -0.15) is 0 Å². The minimum Gasteiger partial charge on any atom is -0.478 e. The number of benzene rings is 1. The predicted octanol–water partition coefficient (Wildman–Crippen LogP) is 3.04. The first kappa shape index (κ1) is 17.0. The molecule has 0 aliphatic carbocycles. The summed E-state index contributed by atoms with van der Waals surface area (Å²) in [6, 6.07) is 3.07. The maximum absolute atomic E-state index is 12.9. The number of aromatic nitrogens is 1. The number of hydrogen-bond donors (Lipinski definition) is 1. The molecular weight excluding hydrogens is 346 g/mol. The van der Waals surface area contributed by atoms with E-state index < -0.39 is 22.5 Å². The Bertz CT molecular complexity index is 831. The van der Waals surface area contributed by atoms with Crippen LogP contribution in [0.5, 0.6) is 0 Å². The van der Waals surface area contributed by atoms with Crippen molar-refractivity contribution in [2.45, 2.75) is 25.8 Å². The molecule has 1 aliphatic heterocycles. The Morgan fingerprint density at radius 2 is 2.08 bits per heavy atom. The second-order valence-corrected chi connectivity index (χ2v) is 6.70. The minimum absolute atomic E-state index is 0.00628. The van der Waals surface area contributed by atoms with E-state index in [0.717, 1.165) is 35.7 Å². The SMILES string of the molecule is Cc1csc(C2CCCN2C(=O)c2cc(C(=O)O)cc([N+](=O)[O-])c2)n1. The Labute approximate surface area is 146 Å². The van der Waals surface area contributed by atoms with E-state index in [1.165, 1.54) is 17.4 Å². The van der Waals surface area contributed by atoms with Crippen molar-refractivity contribution in [1.82, 2.24) is 9.88 Å². The van der Waals surface area contributed by atoms with Gasteiger partial charge in [0.05, 0.1) is 16.5 Å². The van der Waals surface area contributed by atoms with Crippen LogP contribution in [0.1, 0.15) is 50.3 Å². The van der Waals surface area contributed by atoms with E-state index >= 15 is 0 Å². The summed E-state index contributed by atoms with van der Waals surface area (Å²) in [6.45, 7) is 2.38. The standard InChI is InChI=1S/C16H15N3O5S/c1-9-8-25-14(17-9)13-3-2-4-18(13)15(20)10-5-11(16(21)22)7-12(6-10)19(23)24/h5-8,13H,2-4H2,1H3,(H,21,22). The van der Waals surface area contributed by atoms with Crippen LogP contribution in [0.3, 0.4) is 0 Å². The number of nitro groups is 1. The number of thiazole rings is 1. The molecule has 0 radical (unpaired) electrons. The molecule has 1 saturated heterocycles. The van der Waals surface area contributed by atoms with Crippen LogP contribution < -0.4 is 0 Å². The normalized spacial score (nSPS) is 16.8. The van der Waals surface area contributed by atoms with Gasteiger partial charge in [0.25, 0.3) is 11.6 Å². The first-order valence-electron chi connectivity index (χ1n) is 7.62. The van der Waals surface area contributed by atoms with Crippen molar-refractivity contribution in [1.29, 1.82) is 0 Å². The average Bonchev–Trinajstić information content (AvgIpc) is 3.22. The fourth-order valence-electron chi connectivity index (χ4n) is 2.92. The summed E-state index contributed by atoms with van der Waals surface area (Å²) < 4.78 is 0. The topological polar surface area (TPSA) is 114 Å². The van der Waals surface area contributed by atoms with Gasteiger partial charge in [-0.3, -0.25) is 14.9 Å². The van der Waals surface area contributed by atoms with Crippen LogP contribution in [0.4, 0.5) is 5.69 Å². The van der Waals surface area contributed by atoms with E-state index in [-0.39, 0.29) is 17.2 Å². The number of rotatable bonds is 4. The van der Waals surface area contributed by atoms with Gasteiger partial charge in [0, 0.05) is 35.3 Å². The minimum atomic E-state index is -1.31. The number of nitro benzene ring substituents is 1. The maximum atomic E-state index is 12.9. The molecule has 8 nitrogen and oxygen atoms in total. The van der Waals surface area contributed by atoms with Gasteiger partial charge in [0.2, 0.25) is 0 Å². The van der Waals surface area contributed by atoms with Crippen molar-refractivity contribution >= 4 is 28.9 Å². The lowest BCUT2D eigenvalue weighted by Gasteiger charge is -2.23. The third kappa shape index (κ3) is 3.36. The molecule has 1 unspecified atom stereocenters. The number of amides is 1. The Kier molecular flexibility index (Phi) is 4.49. The number of hydrogen-bond acceptors (Lipinski definition) is 6. The summed E-state index contributed by atoms with van der Waals surface area (Å²) in [5.41, 5.74) is 0.192. The van der Waals surface area contributed by atoms with Crippen molar-refractivity contribution in [3.63, 3.8) is 0 Å². The summed E-state index contributed by atoms with van der Waals surface area (Å²) in [5.74, 6) is -1.73. The number of aryl methyl sites for hydroxylation is 1. The number of carboxylic acids is 1. The predicted molar refractivity (Wildman–Crippen MR) is 89.9 cm³/mol. The molecule has 1 N–H and O–H groups in total. The number of non-ortho nitro benzene ring substituents is 1. The molecule has 1 aliphatic rings. The summed E-state index contributed by atoms with van der Waals surface area (Å²) in [5, 5.41) is 22.9. The van der Waals surface area contributed by atoms with Crippen LogP contribution in [0.25, 0.3) is 0 Å². The van der Waals surface area contributed by atoms with Gasteiger partial charge >= 0.3 is 5.97 Å². The van der Waals surface area contributed by atoms with E-state index in [1.807, 2.05) is 12.3 Å². The molecule has 2 heterocycles. The Hall–Kier alpha value is -2.81. The highest BCUT2D eigenvalue weighted by Crippen LogP contribution is 2.35. The zero-order valence-corrected chi connectivity index (χ0v) is 14.2. The van der Waals surface area contributed by atoms with Crippen molar-refractivity contribution in [2.75, 3.05) is 6.54 Å². The monoisotopic (exact) mass is 361 g/mol. The van der Waals surface area contributed by atoms with E-state index in [9.17, 15) is 19.7 Å². The molecule has 0 saturated carbocycles. The second kappa shape index (κ2) is 6.60. The van der Waals surface area contributed by atoms with Gasteiger partial charge < -0.3 is 10.0 Å². The first-order valence-corrected chi connectivity index (χ1v) is 8.50. The molecule has 1 amide bonds. The third-order valence-corrected chi connectivity index (χ3v) is 5.12. The molecule has 1 atom stereocenters. The van der Waals surface area contributed by atoms with Crippen LogP contribution in [0.2, 0.25) is 0 Å². The zero-order chi connectivity index (χ0) is 18.1. The number of aromatic carboxylic acids is 1. The second-order valence-electron chi connectivity index (χ2n) is 5.81. The highest BCUT2D eigenvalue weighted by Gasteiger charge is 2.33. The van der Waals surface area contributed by atoms with Crippen molar-refractivity contribution in [3.8, 4) is 0 Å². The number of nitrogens with zero attached hydrogens (tertiary/aromatic N) is 3. The largest absolute Gasteiger partial charge is 0.478 e. The molecule has 2 aromatic rings. The molecule has 0 spiro atoms. The first-order chi connectivity index (χ1) is 11.9. The lowest BCUT2D eigenvalue weighted by Crippen LogP contribution is -2.30. The quantitative estimate of drug-likeness (QED) is 0.661. The third-order valence-electron chi connectivity index (χ3n) is 4.06. The molecule has 0 bridgehead atoms. The van der Waals surface area contributed by atoms with Crippen LogP contribution in [-0.4, -0.2) is 38.3 Å². The molecular formula is C16H15N3O5S. The van der Waals surface area contributed by atoms with E-state index in [1.54, 1.807) is 4.90 Å².